The van der Waals surface area contributed by atoms with Crippen LogP contribution in [-0.4, -0.2) is 44.5 Å². The standard InChI is InChI=1S/C29H42F2N2O4S/c1-6-10-26(8-3)38(35,36)19-21(5)29(34)33-18-25(37-28-20(4)13-24(30)15-27(28)31)17-32-16-23-12-9-11-22(7-2)14-23/h9,11-15,21,25-26,32H,6-8,10,16-19H2,1-5H3,(H,33,34)/t21-,25+,26?/m0/s1. The van der Waals surface area contributed by atoms with Crippen LogP contribution in [0.25, 0.3) is 0 Å². The molecule has 0 spiro atoms. The van der Waals surface area contributed by atoms with Gasteiger partial charge in [0, 0.05) is 25.1 Å². The normalized spacial score (nSPS) is 14.1. The van der Waals surface area contributed by atoms with E-state index in [1.54, 1.807) is 13.8 Å². The van der Waals surface area contributed by atoms with E-state index < -0.39 is 44.7 Å². The third kappa shape index (κ3) is 9.66. The van der Waals surface area contributed by atoms with Crippen molar-refractivity contribution in [1.82, 2.24) is 10.6 Å². The molecular formula is C29H42F2N2O4S. The first-order chi connectivity index (χ1) is 18.0. The van der Waals surface area contributed by atoms with Gasteiger partial charge in [0.1, 0.15) is 11.9 Å². The van der Waals surface area contributed by atoms with Crippen LogP contribution < -0.4 is 15.4 Å². The summed E-state index contributed by atoms with van der Waals surface area (Å²) in [5.41, 5.74) is 2.59. The Morgan fingerprint density at radius 3 is 2.39 bits per heavy atom. The van der Waals surface area contributed by atoms with Gasteiger partial charge in [-0.3, -0.25) is 4.79 Å². The summed E-state index contributed by atoms with van der Waals surface area (Å²) in [5, 5.41) is 5.59. The first-order valence-corrected chi connectivity index (χ1v) is 15.1. The predicted octanol–water partition coefficient (Wildman–Crippen LogP) is 5.12. The van der Waals surface area contributed by atoms with E-state index >= 15 is 0 Å². The first kappa shape index (κ1) is 31.7. The second-order valence-electron chi connectivity index (χ2n) is 9.87. The van der Waals surface area contributed by atoms with Gasteiger partial charge in [-0.2, -0.15) is 0 Å². The molecule has 0 saturated heterocycles. The Morgan fingerprint density at radius 2 is 1.76 bits per heavy atom. The minimum atomic E-state index is -3.42. The molecule has 0 heterocycles. The molecule has 0 aliphatic rings. The van der Waals surface area contributed by atoms with Crippen LogP contribution in [-0.2, 0) is 27.6 Å². The predicted molar refractivity (Wildman–Crippen MR) is 148 cm³/mol. The third-order valence-corrected chi connectivity index (χ3v) is 9.14. The maximum absolute atomic E-state index is 14.5. The van der Waals surface area contributed by atoms with Gasteiger partial charge < -0.3 is 15.4 Å². The lowest BCUT2D eigenvalue weighted by Crippen LogP contribution is -2.44. The van der Waals surface area contributed by atoms with Gasteiger partial charge in [0.25, 0.3) is 0 Å². The van der Waals surface area contributed by atoms with Gasteiger partial charge in [0.15, 0.2) is 21.4 Å². The summed E-state index contributed by atoms with van der Waals surface area (Å²) in [6.45, 7) is 9.83. The number of benzene rings is 2. The Kier molecular flexibility index (Phi) is 12.7. The molecule has 6 nitrogen and oxygen atoms in total. The molecule has 212 valence electrons. The van der Waals surface area contributed by atoms with Crippen molar-refractivity contribution in [2.24, 2.45) is 5.92 Å². The van der Waals surface area contributed by atoms with E-state index in [0.29, 0.717) is 24.9 Å². The maximum Gasteiger partial charge on any atom is 0.223 e. The highest BCUT2D eigenvalue weighted by Gasteiger charge is 2.28. The summed E-state index contributed by atoms with van der Waals surface area (Å²) in [7, 11) is -3.42. The Hall–Kier alpha value is -2.52. The van der Waals surface area contributed by atoms with E-state index in [1.807, 2.05) is 26.0 Å². The molecule has 0 aliphatic carbocycles. The third-order valence-electron chi connectivity index (χ3n) is 6.59. The topological polar surface area (TPSA) is 84.5 Å². The molecule has 0 saturated carbocycles. The van der Waals surface area contributed by atoms with E-state index in [9.17, 15) is 22.0 Å². The molecule has 2 aromatic carbocycles. The number of nitrogens with one attached hydrogen (secondary N) is 2. The summed E-state index contributed by atoms with van der Waals surface area (Å²) in [6.07, 6.45) is 2.07. The van der Waals surface area contributed by atoms with Crippen LogP contribution in [0.15, 0.2) is 36.4 Å². The van der Waals surface area contributed by atoms with Crippen LogP contribution in [0.4, 0.5) is 8.78 Å². The molecule has 2 rings (SSSR count). The van der Waals surface area contributed by atoms with Crippen LogP contribution in [0, 0.1) is 24.5 Å². The van der Waals surface area contributed by atoms with Crippen molar-refractivity contribution in [1.29, 1.82) is 0 Å². The molecule has 0 radical (unpaired) electrons. The fourth-order valence-corrected chi connectivity index (χ4v) is 6.63. The van der Waals surface area contributed by atoms with E-state index in [1.165, 1.54) is 11.6 Å². The van der Waals surface area contributed by atoms with Crippen LogP contribution in [0.5, 0.6) is 5.75 Å². The van der Waals surface area contributed by atoms with Gasteiger partial charge in [0.2, 0.25) is 5.91 Å². The highest BCUT2D eigenvalue weighted by atomic mass is 32.2. The van der Waals surface area contributed by atoms with Crippen LogP contribution >= 0.6 is 0 Å². The number of aryl methyl sites for hydroxylation is 2. The molecular weight excluding hydrogens is 510 g/mol. The number of hydrogen-bond donors (Lipinski definition) is 2. The van der Waals surface area contributed by atoms with Gasteiger partial charge in [-0.15, -0.1) is 0 Å². The summed E-state index contributed by atoms with van der Waals surface area (Å²) < 4.78 is 59.5. The number of hydrogen-bond acceptors (Lipinski definition) is 5. The van der Waals surface area contributed by atoms with Crippen LogP contribution in [0.2, 0.25) is 0 Å². The highest BCUT2D eigenvalue weighted by Crippen LogP contribution is 2.24. The van der Waals surface area contributed by atoms with E-state index in [-0.39, 0.29) is 24.6 Å². The van der Waals surface area contributed by atoms with Crippen molar-refractivity contribution < 1.29 is 26.7 Å². The van der Waals surface area contributed by atoms with E-state index in [4.69, 9.17) is 4.74 Å². The SMILES string of the molecule is CCCC(CC)S(=O)(=O)C[C@H](C)C(=O)NC[C@@H](CNCc1cccc(CC)c1)Oc1c(C)cc(F)cc1F. The molecule has 3 atom stereocenters. The Labute approximate surface area is 226 Å². The summed E-state index contributed by atoms with van der Waals surface area (Å²) >= 11 is 0. The Bertz CT molecular complexity index is 1130. The number of halogens is 2. The monoisotopic (exact) mass is 552 g/mol. The lowest BCUT2D eigenvalue weighted by Gasteiger charge is -2.23. The van der Waals surface area contributed by atoms with E-state index in [0.717, 1.165) is 24.5 Å². The van der Waals surface area contributed by atoms with Crippen molar-refractivity contribution in [3.63, 3.8) is 0 Å². The van der Waals surface area contributed by atoms with Crippen molar-refractivity contribution in [3.05, 3.63) is 64.7 Å². The molecule has 1 unspecified atom stereocenters. The summed E-state index contributed by atoms with van der Waals surface area (Å²) in [6, 6.07) is 10.1. The maximum atomic E-state index is 14.5. The van der Waals surface area contributed by atoms with Gasteiger partial charge in [-0.05, 0) is 48.9 Å². The van der Waals surface area contributed by atoms with Crippen molar-refractivity contribution in [2.75, 3.05) is 18.8 Å². The Balaban J connectivity index is 2.08. The Morgan fingerprint density at radius 1 is 1.05 bits per heavy atom. The van der Waals surface area contributed by atoms with Crippen LogP contribution in [0.3, 0.4) is 0 Å². The molecule has 9 heteroatoms. The fourth-order valence-electron chi connectivity index (χ4n) is 4.41. The molecule has 2 N–H and O–H groups in total. The second-order valence-corrected chi connectivity index (χ2v) is 12.2. The largest absolute Gasteiger partial charge is 0.484 e. The minimum Gasteiger partial charge on any atom is -0.484 e. The molecule has 0 aliphatic heterocycles. The van der Waals surface area contributed by atoms with Gasteiger partial charge >= 0.3 is 0 Å². The first-order valence-electron chi connectivity index (χ1n) is 13.4. The number of carbonyl (C=O) groups excluding carboxylic acids is 1. The van der Waals surface area contributed by atoms with Gasteiger partial charge in [-0.1, -0.05) is 58.4 Å². The smallest absolute Gasteiger partial charge is 0.223 e. The number of ether oxygens (including phenoxy) is 1. The van der Waals surface area contributed by atoms with Crippen molar-refractivity contribution in [3.8, 4) is 5.75 Å². The lowest BCUT2D eigenvalue weighted by atomic mass is 10.1. The average molecular weight is 553 g/mol. The number of rotatable bonds is 16. The fraction of sp³-hybridized carbons (Fsp3) is 0.552. The molecule has 1 amide bonds. The highest BCUT2D eigenvalue weighted by molar-refractivity contribution is 7.92. The van der Waals surface area contributed by atoms with Crippen molar-refractivity contribution in [2.45, 2.75) is 78.2 Å². The zero-order chi connectivity index (χ0) is 28.3. The molecule has 0 fully saturated rings. The van der Waals surface area contributed by atoms with Gasteiger partial charge in [0.05, 0.1) is 17.5 Å². The van der Waals surface area contributed by atoms with Crippen molar-refractivity contribution >= 4 is 15.7 Å². The second kappa shape index (κ2) is 15.2. The zero-order valence-electron chi connectivity index (χ0n) is 23.2. The van der Waals surface area contributed by atoms with Crippen LogP contribution in [0.1, 0.15) is 63.6 Å². The quantitative estimate of drug-likeness (QED) is 0.302. The molecule has 0 bridgehead atoms. The molecule has 2 aromatic rings. The average Bonchev–Trinajstić information content (AvgIpc) is 2.86. The van der Waals surface area contributed by atoms with Gasteiger partial charge in [-0.25, -0.2) is 17.2 Å². The number of carbonyl (C=O) groups is 1. The summed E-state index contributed by atoms with van der Waals surface area (Å²) in [4.78, 5) is 12.8. The summed E-state index contributed by atoms with van der Waals surface area (Å²) in [5.74, 6) is -3.01. The molecule has 0 aromatic heterocycles. The minimum absolute atomic E-state index is 0.0215. The lowest BCUT2D eigenvalue weighted by molar-refractivity contribution is -0.124. The van der Waals surface area contributed by atoms with E-state index in [2.05, 4.69) is 29.7 Å². The number of sulfone groups is 1. The number of amides is 1. The zero-order valence-corrected chi connectivity index (χ0v) is 24.0. The molecule has 38 heavy (non-hydrogen) atoms.